The third-order valence-electron chi connectivity index (χ3n) is 6.77. The van der Waals surface area contributed by atoms with Crippen molar-refractivity contribution in [2.75, 3.05) is 20.2 Å². The van der Waals surface area contributed by atoms with Crippen molar-refractivity contribution < 1.29 is 23.8 Å². The summed E-state index contributed by atoms with van der Waals surface area (Å²) in [7, 11) is 1.40. The van der Waals surface area contributed by atoms with Crippen LogP contribution in [0.2, 0.25) is 0 Å². The highest BCUT2D eigenvalue weighted by atomic mass is 19.1. The van der Waals surface area contributed by atoms with Gasteiger partial charge in [-0.05, 0) is 89.0 Å². The Bertz CT molecular complexity index is 1310. The van der Waals surface area contributed by atoms with E-state index in [-0.39, 0.29) is 17.8 Å². The van der Waals surface area contributed by atoms with E-state index >= 15 is 0 Å². The molecule has 1 fully saturated rings. The van der Waals surface area contributed by atoms with E-state index in [9.17, 15) is 19.1 Å². The van der Waals surface area contributed by atoms with Crippen LogP contribution in [0.4, 0.5) is 4.39 Å². The van der Waals surface area contributed by atoms with E-state index in [4.69, 9.17) is 10.5 Å². The second-order valence-electron chi connectivity index (χ2n) is 8.84. The molecule has 2 amide bonds. The van der Waals surface area contributed by atoms with E-state index in [1.54, 1.807) is 23.1 Å². The van der Waals surface area contributed by atoms with Crippen LogP contribution >= 0.6 is 0 Å². The molecule has 3 N–H and O–H groups in total. The molecule has 0 bridgehead atoms. The molecule has 7 heteroatoms. The fraction of sp³-hybridized carbons (Fsp3) is 0.259. The lowest BCUT2D eigenvalue weighted by molar-refractivity contribution is 0.0546. The minimum Gasteiger partial charge on any atom is -0.494 e. The first-order chi connectivity index (χ1) is 16.4. The number of nitrogens with two attached hydrogens (primary N) is 1. The maximum Gasteiger partial charge on any atom is 0.253 e. The van der Waals surface area contributed by atoms with Gasteiger partial charge in [0, 0.05) is 24.2 Å². The molecule has 1 aliphatic carbocycles. The molecule has 0 unspecified atom stereocenters. The molecule has 3 aromatic carbocycles. The van der Waals surface area contributed by atoms with Crippen LogP contribution in [-0.2, 0) is 6.42 Å². The van der Waals surface area contributed by atoms with Crippen molar-refractivity contribution in [2.24, 2.45) is 5.73 Å². The first-order valence-electron chi connectivity index (χ1n) is 11.3. The summed E-state index contributed by atoms with van der Waals surface area (Å²) in [5.74, 6) is -0.991. The normalized spacial score (nSPS) is 15.1. The Kier molecular flexibility index (Phi) is 5.57. The average Bonchev–Trinajstić information content (AvgIpc) is 3.21. The largest absolute Gasteiger partial charge is 0.494 e. The molecule has 5 rings (SSSR count). The maximum absolute atomic E-state index is 14.4. The first kappa shape index (κ1) is 22.1. The minimum absolute atomic E-state index is 0.0772. The van der Waals surface area contributed by atoms with E-state index < -0.39 is 11.7 Å². The topological polar surface area (TPSA) is 92.9 Å². The second kappa shape index (κ2) is 8.57. The van der Waals surface area contributed by atoms with E-state index in [1.807, 2.05) is 24.3 Å². The smallest absolute Gasteiger partial charge is 0.253 e. The summed E-state index contributed by atoms with van der Waals surface area (Å²) < 4.78 is 19.4. The van der Waals surface area contributed by atoms with Crippen LogP contribution in [0.25, 0.3) is 22.3 Å². The molecule has 34 heavy (non-hydrogen) atoms. The Hall–Kier alpha value is -3.71. The Morgan fingerprint density at radius 3 is 2.47 bits per heavy atom. The Morgan fingerprint density at radius 1 is 1.03 bits per heavy atom. The van der Waals surface area contributed by atoms with Crippen LogP contribution in [0.1, 0.15) is 44.7 Å². The highest BCUT2D eigenvalue weighted by Crippen LogP contribution is 2.42. The summed E-state index contributed by atoms with van der Waals surface area (Å²) in [6.45, 7) is 1.04. The number of nitrogens with zero attached hydrogens (tertiary/aromatic N) is 1. The number of halogens is 1. The highest BCUT2D eigenvalue weighted by molar-refractivity contribution is 6.01. The molecule has 2 aliphatic rings. The molecular formula is C27H25FN2O4. The highest BCUT2D eigenvalue weighted by Gasteiger charge is 2.27. The summed E-state index contributed by atoms with van der Waals surface area (Å²) in [5.41, 5.74) is 11.4. The third kappa shape index (κ3) is 3.82. The maximum atomic E-state index is 14.4. The monoisotopic (exact) mass is 460 g/mol. The molecule has 0 aromatic heterocycles. The van der Waals surface area contributed by atoms with Crippen molar-refractivity contribution >= 4 is 11.8 Å². The number of methoxy groups -OCH3 is 1. The van der Waals surface area contributed by atoms with Crippen molar-refractivity contribution in [3.63, 3.8) is 0 Å². The lowest BCUT2D eigenvalue weighted by Gasteiger charge is -2.29. The van der Waals surface area contributed by atoms with Crippen molar-refractivity contribution in [3.05, 3.63) is 76.6 Å². The van der Waals surface area contributed by atoms with E-state index in [1.165, 1.54) is 13.2 Å². The van der Waals surface area contributed by atoms with Gasteiger partial charge in [0.15, 0.2) is 11.6 Å². The molecule has 0 saturated carbocycles. The molecule has 1 heterocycles. The lowest BCUT2D eigenvalue weighted by Crippen LogP contribution is -2.40. The average molecular weight is 461 g/mol. The number of primary amides is 1. The van der Waals surface area contributed by atoms with Crippen molar-refractivity contribution in [3.8, 4) is 28.0 Å². The molecule has 6 nitrogen and oxygen atoms in total. The summed E-state index contributed by atoms with van der Waals surface area (Å²) in [6.07, 6.45) is 1.32. The third-order valence-corrected chi connectivity index (χ3v) is 6.77. The predicted molar refractivity (Wildman–Crippen MR) is 126 cm³/mol. The van der Waals surface area contributed by atoms with Gasteiger partial charge in [-0.2, -0.15) is 0 Å². The number of fused-ring (bicyclic) bond motifs is 3. The Balaban J connectivity index is 1.57. The van der Waals surface area contributed by atoms with Crippen molar-refractivity contribution in [1.82, 2.24) is 4.90 Å². The number of aliphatic hydroxyl groups is 1. The van der Waals surface area contributed by atoms with Crippen LogP contribution in [0.5, 0.6) is 5.75 Å². The molecule has 0 spiro atoms. The Morgan fingerprint density at radius 2 is 1.79 bits per heavy atom. The number of aliphatic hydroxyl groups excluding tert-OH is 1. The fourth-order valence-electron chi connectivity index (χ4n) is 4.89. The number of hydrogen-bond acceptors (Lipinski definition) is 4. The number of amides is 2. The van der Waals surface area contributed by atoms with E-state index in [0.29, 0.717) is 54.6 Å². The van der Waals surface area contributed by atoms with Crippen molar-refractivity contribution in [1.29, 1.82) is 0 Å². The van der Waals surface area contributed by atoms with E-state index in [0.717, 1.165) is 22.3 Å². The van der Waals surface area contributed by atoms with Gasteiger partial charge in [-0.25, -0.2) is 4.39 Å². The van der Waals surface area contributed by atoms with Crippen molar-refractivity contribution in [2.45, 2.75) is 25.4 Å². The quantitative estimate of drug-likeness (QED) is 0.485. The number of carbonyl (C=O) groups excluding carboxylic acids is 2. The SMILES string of the molecule is COc1ccc(-c2cc(C(N)=O)c3c(c2)-c2cc(C(=O)N4CCC(O)CC4)ccc2C3)cc1F. The predicted octanol–water partition coefficient (Wildman–Crippen LogP) is 3.77. The summed E-state index contributed by atoms with van der Waals surface area (Å²) in [4.78, 5) is 27.2. The summed E-state index contributed by atoms with van der Waals surface area (Å²) >= 11 is 0. The number of hydrogen-bond donors (Lipinski definition) is 2. The summed E-state index contributed by atoms with van der Waals surface area (Å²) in [5, 5.41) is 9.75. The number of carbonyl (C=O) groups is 2. The summed E-state index contributed by atoms with van der Waals surface area (Å²) in [6, 6.07) is 13.8. The molecule has 0 radical (unpaired) electrons. The standard InChI is InChI=1S/C27H25FN2O4/c1-34-25-5-4-15(14-24(25)28)18-12-21-20-11-17(27(33)30-8-6-19(31)7-9-30)3-2-16(20)10-22(21)23(13-18)26(29)32/h2-5,11-14,19,31H,6-10H2,1H3,(H2,29,32). The molecule has 174 valence electrons. The van der Waals surface area contributed by atoms with Crippen LogP contribution in [0, 0.1) is 5.82 Å². The molecular weight excluding hydrogens is 435 g/mol. The minimum atomic E-state index is -0.553. The lowest BCUT2D eigenvalue weighted by atomic mass is 9.93. The molecule has 1 aliphatic heterocycles. The zero-order valence-corrected chi connectivity index (χ0v) is 18.8. The second-order valence-corrected chi connectivity index (χ2v) is 8.84. The number of likely N-dealkylation sites (tertiary alicyclic amines) is 1. The zero-order valence-electron chi connectivity index (χ0n) is 18.8. The van der Waals surface area contributed by atoms with Gasteiger partial charge in [0.05, 0.1) is 13.2 Å². The van der Waals surface area contributed by atoms with Gasteiger partial charge in [-0.1, -0.05) is 12.1 Å². The Labute approximate surface area is 196 Å². The first-order valence-corrected chi connectivity index (χ1v) is 11.3. The van der Waals surface area contributed by atoms with Crippen LogP contribution < -0.4 is 10.5 Å². The van der Waals surface area contributed by atoms with Gasteiger partial charge in [0.25, 0.3) is 5.91 Å². The number of piperidine rings is 1. The van der Waals surface area contributed by atoms with Gasteiger partial charge in [0.2, 0.25) is 5.91 Å². The molecule has 1 saturated heterocycles. The van der Waals surface area contributed by atoms with Gasteiger partial charge in [-0.15, -0.1) is 0 Å². The van der Waals surface area contributed by atoms with Gasteiger partial charge < -0.3 is 20.5 Å². The van der Waals surface area contributed by atoms with Gasteiger partial charge in [-0.3, -0.25) is 9.59 Å². The van der Waals surface area contributed by atoms with Gasteiger partial charge in [0.1, 0.15) is 0 Å². The van der Waals surface area contributed by atoms with Gasteiger partial charge >= 0.3 is 0 Å². The van der Waals surface area contributed by atoms with E-state index in [2.05, 4.69) is 0 Å². The van der Waals surface area contributed by atoms with Crippen LogP contribution in [0.15, 0.2) is 48.5 Å². The molecule has 0 atom stereocenters. The molecule has 3 aromatic rings. The number of rotatable bonds is 4. The number of ether oxygens (including phenoxy) is 1. The zero-order chi connectivity index (χ0) is 24.0. The van der Waals surface area contributed by atoms with Crippen LogP contribution in [0.3, 0.4) is 0 Å². The van der Waals surface area contributed by atoms with Crippen LogP contribution in [-0.4, -0.2) is 48.1 Å². The fourth-order valence-corrected chi connectivity index (χ4v) is 4.89. The number of benzene rings is 3.